The van der Waals surface area contributed by atoms with E-state index in [1.807, 2.05) is 0 Å². The summed E-state index contributed by atoms with van der Waals surface area (Å²) in [6.45, 7) is 5.05. The van der Waals surface area contributed by atoms with Crippen molar-refractivity contribution < 1.29 is 27.9 Å². The average molecular weight is 575 g/mol. The van der Waals surface area contributed by atoms with Gasteiger partial charge in [0.25, 0.3) is 0 Å². The van der Waals surface area contributed by atoms with Crippen LogP contribution in [0.15, 0.2) is 43.0 Å². The minimum atomic E-state index is -4.10. The number of fused-ring (bicyclic) bond motifs is 1. The van der Waals surface area contributed by atoms with Gasteiger partial charge >= 0.3 is 12.2 Å². The topological polar surface area (TPSA) is 151 Å². The summed E-state index contributed by atoms with van der Waals surface area (Å²) in [6.07, 6.45) is 0.655. The van der Waals surface area contributed by atoms with Gasteiger partial charge < -0.3 is 9.84 Å². The van der Waals surface area contributed by atoms with Crippen molar-refractivity contribution in [2.45, 2.75) is 40.4 Å². The molecule has 0 radical (unpaired) electrons. The third-order valence-electron chi connectivity index (χ3n) is 4.11. The number of thioether (sulfide) groups is 1. The Hall–Kier alpha value is -2.42. The molecule has 3 N–H and O–H groups in total. The van der Waals surface area contributed by atoms with Crippen LogP contribution in [0.5, 0.6) is 0 Å². The summed E-state index contributed by atoms with van der Waals surface area (Å²) in [5.74, 6) is -0.299. The van der Waals surface area contributed by atoms with Crippen LogP contribution in [0.4, 0.5) is 9.59 Å². The predicted molar refractivity (Wildman–Crippen MR) is 129 cm³/mol. The molecule has 0 saturated heterocycles. The third-order valence-corrected chi connectivity index (χ3v) is 9.02. The van der Waals surface area contributed by atoms with E-state index in [9.17, 15) is 23.1 Å². The molecular weight excluding hydrogens is 556 g/mol. The van der Waals surface area contributed by atoms with Gasteiger partial charge in [0.15, 0.2) is 0 Å². The largest absolute Gasteiger partial charge is 0.464 e. The van der Waals surface area contributed by atoms with Crippen molar-refractivity contribution in [2.24, 2.45) is 0 Å². The summed E-state index contributed by atoms with van der Waals surface area (Å²) in [4.78, 5) is 27.5. The molecule has 2 aromatic heterocycles. The lowest BCUT2D eigenvalue weighted by Gasteiger charge is -2.19. The molecule has 2 heterocycles. The zero-order valence-electron chi connectivity index (χ0n) is 17.8. The van der Waals surface area contributed by atoms with E-state index in [-0.39, 0.29) is 26.0 Å². The van der Waals surface area contributed by atoms with Gasteiger partial charge in [0.05, 0.1) is 24.4 Å². The van der Waals surface area contributed by atoms with Gasteiger partial charge in [0, 0.05) is 4.47 Å². The fraction of sp³-hybridized carbons (Fsp3) is 0.263. The lowest BCUT2D eigenvalue weighted by molar-refractivity contribution is 0.0563. The van der Waals surface area contributed by atoms with Gasteiger partial charge in [0.1, 0.15) is 23.3 Å². The molecule has 0 aliphatic rings. The molecule has 176 valence electrons. The Morgan fingerprint density at radius 3 is 2.55 bits per heavy atom. The number of carboxylic acid groups (broad SMARTS) is 1. The minimum Gasteiger partial charge on any atom is -0.464 e. The standard InChI is InChI=1S/C19H19BrN4O6S3/c1-19(2,3)30-17(25)23-15(21)12-7-13(16(31-4)32-12)33(28,29)9-5-10(20)14-11(6-9)24(8-22-14)18(26)27/h5-8H,1-4H3,(H,26,27)(H2,21,23,25). The molecule has 3 aromatic rings. The van der Waals surface area contributed by atoms with Crippen LogP contribution in [0, 0.1) is 5.41 Å². The number of rotatable bonds is 4. The van der Waals surface area contributed by atoms with Crippen LogP contribution in [0.3, 0.4) is 0 Å². The maximum atomic E-state index is 13.5. The van der Waals surface area contributed by atoms with E-state index in [0.717, 1.165) is 22.2 Å². The van der Waals surface area contributed by atoms with E-state index in [1.54, 1.807) is 27.0 Å². The summed E-state index contributed by atoms with van der Waals surface area (Å²) in [7, 11) is -4.10. The number of sulfone groups is 1. The molecule has 0 aliphatic heterocycles. The lowest BCUT2D eigenvalue weighted by Crippen LogP contribution is -2.36. The van der Waals surface area contributed by atoms with Crippen LogP contribution >= 0.6 is 39.0 Å². The van der Waals surface area contributed by atoms with Gasteiger partial charge in [-0.2, -0.15) is 0 Å². The smallest absolute Gasteiger partial charge is 0.417 e. The summed E-state index contributed by atoms with van der Waals surface area (Å²) in [5.41, 5.74) is -0.348. The van der Waals surface area contributed by atoms with E-state index in [0.29, 0.717) is 14.2 Å². The normalized spacial score (nSPS) is 12.0. The summed E-state index contributed by atoms with van der Waals surface area (Å²) in [5, 5.41) is 19.8. The van der Waals surface area contributed by atoms with Gasteiger partial charge in [-0.25, -0.2) is 27.6 Å². The van der Waals surface area contributed by atoms with E-state index in [2.05, 4.69) is 26.2 Å². The van der Waals surface area contributed by atoms with Crippen molar-refractivity contribution in [3.63, 3.8) is 0 Å². The van der Waals surface area contributed by atoms with Crippen molar-refractivity contribution in [1.82, 2.24) is 14.9 Å². The highest BCUT2D eigenvalue weighted by molar-refractivity contribution is 9.10. The average Bonchev–Trinajstić information content (AvgIpc) is 3.31. The number of hydrogen-bond acceptors (Lipinski definition) is 9. The molecule has 0 aliphatic carbocycles. The highest BCUT2D eigenvalue weighted by Crippen LogP contribution is 2.38. The third kappa shape index (κ3) is 5.23. The number of nitrogens with zero attached hydrogens (tertiary/aromatic N) is 2. The number of benzene rings is 1. The number of amidine groups is 1. The maximum absolute atomic E-state index is 13.5. The van der Waals surface area contributed by atoms with Crippen LogP contribution in [0.1, 0.15) is 25.6 Å². The zero-order valence-corrected chi connectivity index (χ0v) is 21.8. The second kappa shape index (κ2) is 9.08. The first-order chi connectivity index (χ1) is 15.2. The molecule has 0 bridgehead atoms. The van der Waals surface area contributed by atoms with Crippen LogP contribution in [-0.2, 0) is 14.6 Å². The molecule has 0 atom stereocenters. The molecule has 1 aromatic carbocycles. The molecule has 0 spiro atoms. The monoisotopic (exact) mass is 574 g/mol. The van der Waals surface area contributed by atoms with Crippen molar-refractivity contribution in [1.29, 1.82) is 5.41 Å². The molecule has 33 heavy (non-hydrogen) atoms. The fourth-order valence-electron chi connectivity index (χ4n) is 2.76. The van der Waals surface area contributed by atoms with Crippen molar-refractivity contribution in [2.75, 3.05) is 6.26 Å². The highest BCUT2D eigenvalue weighted by Gasteiger charge is 2.28. The second-order valence-electron chi connectivity index (χ2n) is 7.64. The highest BCUT2D eigenvalue weighted by atomic mass is 79.9. The Morgan fingerprint density at radius 1 is 1.30 bits per heavy atom. The Balaban J connectivity index is 2.03. The summed E-state index contributed by atoms with van der Waals surface area (Å²) < 4.78 is 33.6. The number of nitrogens with one attached hydrogen (secondary N) is 2. The minimum absolute atomic E-state index is 0.0571. The van der Waals surface area contributed by atoms with E-state index >= 15 is 0 Å². The van der Waals surface area contributed by atoms with Crippen LogP contribution < -0.4 is 5.32 Å². The molecule has 0 unspecified atom stereocenters. The second-order valence-corrected chi connectivity index (χ2v) is 12.5. The van der Waals surface area contributed by atoms with Gasteiger partial charge in [-0.3, -0.25) is 10.7 Å². The molecule has 14 heteroatoms. The lowest BCUT2D eigenvalue weighted by atomic mass is 10.2. The molecule has 1 amide bonds. The summed E-state index contributed by atoms with van der Waals surface area (Å²) in [6, 6.07) is 3.89. The molecule has 3 rings (SSSR count). The summed E-state index contributed by atoms with van der Waals surface area (Å²) >= 11 is 5.47. The van der Waals surface area contributed by atoms with Gasteiger partial charge in [-0.1, -0.05) is 0 Å². The predicted octanol–water partition coefficient (Wildman–Crippen LogP) is 4.79. The number of amides is 1. The Kier molecular flexibility index (Phi) is 6.94. The molecule has 0 saturated carbocycles. The Bertz CT molecular complexity index is 1390. The van der Waals surface area contributed by atoms with Gasteiger partial charge in [-0.05, 0) is 61.2 Å². The number of carbonyl (C=O) groups excluding carboxylic acids is 1. The fourth-order valence-corrected chi connectivity index (χ4v) is 7.41. The van der Waals surface area contributed by atoms with Crippen LogP contribution in [-0.4, -0.2) is 53.0 Å². The number of halogens is 1. The van der Waals surface area contributed by atoms with Crippen LogP contribution in [0.25, 0.3) is 11.0 Å². The molecule has 0 fully saturated rings. The first-order valence-corrected chi connectivity index (χ1v) is 13.5. The Labute approximate surface area is 205 Å². The first kappa shape index (κ1) is 25.2. The number of carbonyl (C=O) groups is 2. The number of ether oxygens (including phenoxy) is 1. The Morgan fingerprint density at radius 2 is 1.97 bits per heavy atom. The number of thiophene rings is 1. The van der Waals surface area contributed by atoms with Crippen molar-refractivity contribution >= 4 is 77.9 Å². The number of alkyl carbamates (subject to hydrolysis) is 1. The first-order valence-electron chi connectivity index (χ1n) is 9.16. The van der Waals surface area contributed by atoms with E-state index in [1.165, 1.54) is 30.0 Å². The number of aromatic nitrogens is 2. The van der Waals surface area contributed by atoms with E-state index < -0.39 is 27.6 Å². The molecular formula is C19H19BrN4O6S3. The van der Waals surface area contributed by atoms with Crippen molar-refractivity contribution in [3.8, 4) is 0 Å². The molecule has 10 nitrogen and oxygen atoms in total. The maximum Gasteiger partial charge on any atom is 0.417 e. The SMILES string of the molecule is CSc1sc(C(=N)NC(=O)OC(C)(C)C)cc1S(=O)(=O)c1cc(Br)c2ncn(C(=O)O)c2c1. The quantitative estimate of drug-likeness (QED) is 0.228. The van der Waals surface area contributed by atoms with Gasteiger partial charge in [-0.15, -0.1) is 23.1 Å². The van der Waals surface area contributed by atoms with E-state index in [4.69, 9.17) is 10.1 Å². The zero-order chi connectivity index (χ0) is 24.7. The number of imidazole rings is 1. The number of hydrogen-bond donors (Lipinski definition) is 3. The van der Waals surface area contributed by atoms with Crippen LogP contribution in [0.2, 0.25) is 0 Å². The van der Waals surface area contributed by atoms with Crippen molar-refractivity contribution in [3.05, 3.63) is 33.9 Å². The van der Waals surface area contributed by atoms with Gasteiger partial charge in [0.2, 0.25) is 9.84 Å².